The molecule has 0 atom stereocenters. The lowest BCUT2D eigenvalue weighted by Crippen LogP contribution is -2.48. The number of nitrogens with zero attached hydrogens (tertiary/aromatic N) is 3. The minimum Gasteiger partial charge on any atom is -0.504 e. The first kappa shape index (κ1) is 24.2. The standard InChI is InChI=1S/C28H30N4O3S/c1-35-24-8-2-6-22(27(24)33)19-31-15-17-32(18-16-31)28(34)21-10-12-23(13-11-21)30-36-25-9-3-5-20-7-4-14-29-26(20)25/h2-3,5-6,8-14,30,33H,4,7,15-19H2,1H3. The maximum atomic E-state index is 13.1. The summed E-state index contributed by atoms with van der Waals surface area (Å²) in [4.78, 5) is 22.9. The summed E-state index contributed by atoms with van der Waals surface area (Å²) in [5.74, 6) is 0.712. The van der Waals surface area contributed by atoms with Crippen molar-refractivity contribution in [1.29, 1.82) is 0 Å². The number of hydrogen-bond acceptors (Lipinski definition) is 7. The number of carbonyl (C=O) groups excluding carboxylic acids is 1. The number of anilines is 1. The van der Waals surface area contributed by atoms with Gasteiger partial charge in [-0.3, -0.25) is 14.7 Å². The van der Waals surface area contributed by atoms with Gasteiger partial charge in [0.05, 0.1) is 17.7 Å². The van der Waals surface area contributed by atoms with Crippen molar-refractivity contribution in [3.05, 3.63) is 77.4 Å². The van der Waals surface area contributed by atoms with Crippen molar-refractivity contribution in [2.45, 2.75) is 24.3 Å². The fourth-order valence-electron chi connectivity index (χ4n) is 4.56. The Morgan fingerprint density at radius 3 is 2.61 bits per heavy atom. The number of aliphatic imine (C=N–C) groups is 1. The lowest BCUT2D eigenvalue weighted by Gasteiger charge is -2.35. The Labute approximate surface area is 215 Å². The predicted octanol–water partition coefficient (Wildman–Crippen LogP) is 5.13. The molecule has 5 rings (SSSR count). The predicted molar refractivity (Wildman–Crippen MR) is 145 cm³/mol. The molecule has 1 saturated heterocycles. The van der Waals surface area contributed by atoms with Gasteiger partial charge >= 0.3 is 0 Å². The summed E-state index contributed by atoms with van der Waals surface area (Å²) in [7, 11) is 1.55. The van der Waals surface area contributed by atoms with Crippen LogP contribution in [0.15, 0.2) is 70.6 Å². The van der Waals surface area contributed by atoms with Crippen molar-refractivity contribution in [1.82, 2.24) is 9.80 Å². The van der Waals surface area contributed by atoms with E-state index < -0.39 is 0 Å². The average molecular weight is 503 g/mol. The van der Waals surface area contributed by atoms with Crippen LogP contribution in [0, 0.1) is 0 Å². The van der Waals surface area contributed by atoms with Crippen molar-refractivity contribution < 1.29 is 14.6 Å². The molecule has 0 spiro atoms. The van der Waals surface area contributed by atoms with Crippen LogP contribution in [0.3, 0.4) is 0 Å². The van der Waals surface area contributed by atoms with Gasteiger partial charge < -0.3 is 19.5 Å². The first-order chi connectivity index (χ1) is 17.6. The van der Waals surface area contributed by atoms with Gasteiger partial charge in [-0.25, -0.2) is 0 Å². The SMILES string of the molecule is COc1cccc(CN2CCN(C(=O)c3ccc(NSc4cccc5c4N=CCC5)cc3)CC2)c1O. The number of benzene rings is 3. The van der Waals surface area contributed by atoms with E-state index in [2.05, 4.69) is 32.8 Å². The summed E-state index contributed by atoms with van der Waals surface area (Å²) < 4.78 is 8.59. The largest absolute Gasteiger partial charge is 0.504 e. The lowest BCUT2D eigenvalue weighted by atomic mass is 10.1. The van der Waals surface area contributed by atoms with Crippen LogP contribution in [0.4, 0.5) is 11.4 Å². The minimum absolute atomic E-state index is 0.0459. The highest BCUT2D eigenvalue weighted by Crippen LogP contribution is 2.35. The quantitative estimate of drug-likeness (QED) is 0.437. The smallest absolute Gasteiger partial charge is 0.253 e. The number of nitrogens with one attached hydrogen (secondary N) is 1. The third-order valence-electron chi connectivity index (χ3n) is 6.61. The maximum Gasteiger partial charge on any atom is 0.253 e. The van der Waals surface area contributed by atoms with Gasteiger partial charge in [0.25, 0.3) is 5.91 Å². The number of fused-ring (bicyclic) bond motifs is 1. The van der Waals surface area contributed by atoms with E-state index in [9.17, 15) is 9.90 Å². The van der Waals surface area contributed by atoms with Gasteiger partial charge in [0, 0.05) is 55.8 Å². The van der Waals surface area contributed by atoms with Gasteiger partial charge in [-0.1, -0.05) is 24.3 Å². The Kier molecular flexibility index (Phi) is 7.44. The number of hydrogen-bond donors (Lipinski definition) is 2. The summed E-state index contributed by atoms with van der Waals surface area (Å²) in [5.41, 5.74) is 4.79. The molecule has 0 saturated carbocycles. The monoisotopic (exact) mass is 502 g/mol. The zero-order valence-corrected chi connectivity index (χ0v) is 21.1. The Hall–Kier alpha value is -3.49. The number of methoxy groups -OCH3 is 1. The molecule has 2 aliphatic heterocycles. The molecule has 2 N–H and O–H groups in total. The van der Waals surface area contributed by atoms with Crippen molar-refractivity contribution in [2.24, 2.45) is 4.99 Å². The fourth-order valence-corrected chi connectivity index (χ4v) is 5.35. The highest BCUT2D eigenvalue weighted by molar-refractivity contribution is 8.00. The molecule has 8 heteroatoms. The van der Waals surface area contributed by atoms with Crippen molar-refractivity contribution in [3.63, 3.8) is 0 Å². The summed E-state index contributed by atoms with van der Waals surface area (Å²) in [6.45, 7) is 3.43. The van der Waals surface area contributed by atoms with Gasteiger partial charge in [0.1, 0.15) is 0 Å². The molecule has 3 aromatic carbocycles. The number of para-hydroxylation sites is 2. The Bertz CT molecular complexity index is 1250. The number of piperazine rings is 1. The average Bonchev–Trinajstić information content (AvgIpc) is 2.93. The van der Waals surface area contributed by atoms with Gasteiger partial charge in [-0.15, -0.1) is 0 Å². The van der Waals surface area contributed by atoms with Crippen molar-refractivity contribution in [3.8, 4) is 11.5 Å². The normalized spacial score (nSPS) is 15.4. The number of amides is 1. The lowest BCUT2D eigenvalue weighted by molar-refractivity contribution is 0.0627. The number of ether oxygens (including phenoxy) is 1. The molecule has 0 bridgehead atoms. The van der Waals surface area contributed by atoms with Crippen LogP contribution in [0.1, 0.15) is 27.9 Å². The highest BCUT2D eigenvalue weighted by atomic mass is 32.2. The summed E-state index contributed by atoms with van der Waals surface area (Å²) >= 11 is 1.54. The summed E-state index contributed by atoms with van der Waals surface area (Å²) in [5, 5.41) is 10.4. The van der Waals surface area contributed by atoms with E-state index in [1.807, 2.05) is 47.5 Å². The summed E-state index contributed by atoms with van der Waals surface area (Å²) in [6, 6.07) is 19.5. The molecule has 7 nitrogen and oxygen atoms in total. The molecule has 1 amide bonds. The molecule has 2 aliphatic rings. The summed E-state index contributed by atoms with van der Waals surface area (Å²) in [6.07, 6.45) is 4.00. The van der Waals surface area contributed by atoms with Crippen LogP contribution in [0.25, 0.3) is 0 Å². The second-order valence-electron chi connectivity index (χ2n) is 8.93. The molecule has 186 valence electrons. The Morgan fingerprint density at radius 1 is 1.06 bits per heavy atom. The molecule has 36 heavy (non-hydrogen) atoms. The second kappa shape index (κ2) is 11.1. The molecule has 1 fully saturated rings. The third-order valence-corrected chi connectivity index (χ3v) is 7.50. The zero-order chi connectivity index (χ0) is 24.9. The Morgan fingerprint density at radius 2 is 1.83 bits per heavy atom. The molecule has 2 heterocycles. The topological polar surface area (TPSA) is 77.4 Å². The second-order valence-corrected chi connectivity index (χ2v) is 9.78. The van der Waals surface area contributed by atoms with E-state index in [1.54, 1.807) is 25.1 Å². The number of rotatable bonds is 7. The van der Waals surface area contributed by atoms with E-state index in [1.165, 1.54) is 5.56 Å². The number of aromatic hydroxyl groups is 1. The third kappa shape index (κ3) is 5.34. The van der Waals surface area contributed by atoms with Crippen LogP contribution in [0.2, 0.25) is 0 Å². The molecule has 0 aliphatic carbocycles. The molecule has 0 unspecified atom stereocenters. The first-order valence-electron chi connectivity index (χ1n) is 12.2. The van der Waals surface area contributed by atoms with Gasteiger partial charge in [0.15, 0.2) is 11.5 Å². The van der Waals surface area contributed by atoms with E-state index in [0.29, 0.717) is 30.9 Å². The van der Waals surface area contributed by atoms with Crippen molar-refractivity contribution >= 4 is 35.4 Å². The zero-order valence-electron chi connectivity index (χ0n) is 20.3. The van der Waals surface area contributed by atoms with E-state index >= 15 is 0 Å². The number of carbonyl (C=O) groups is 1. The fraction of sp³-hybridized carbons (Fsp3) is 0.286. The van der Waals surface area contributed by atoms with Crippen LogP contribution in [0.5, 0.6) is 11.5 Å². The number of phenols is 1. The molecule has 0 aromatic heterocycles. The molecule has 0 radical (unpaired) electrons. The minimum atomic E-state index is 0.0459. The van der Waals surface area contributed by atoms with Crippen LogP contribution in [-0.2, 0) is 13.0 Å². The highest BCUT2D eigenvalue weighted by Gasteiger charge is 2.23. The van der Waals surface area contributed by atoms with Crippen LogP contribution >= 0.6 is 11.9 Å². The molecular weight excluding hydrogens is 472 g/mol. The van der Waals surface area contributed by atoms with E-state index in [4.69, 9.17) is 4.74 Å². The number of aryl methyl sites for hydroxylation is 1. The van der Waals surface area contributed by atoms with Crippen LogP contribution < -0.4 is 9.46 Å². The van der Waals surface area contributed by atoms with E-state index in [0.717, 1.165) is 47.8 Å². The van der Waals surface area contributed by atoms with Gasteiger partial charge in [-0.05, 0) is 66.8 Å². The van der Waals surface area contributed by atoms with Crippen molar-refractivity contribution in [2.75, 3.05) is 38.0 Å². The first-order valence-corrected chi connectivity index (χ1v) is 13.0. The molecule has 3 aromatic rings. The van der Waals surface area contributed by atoms with Gasteiger partial charge in [0.2, 0.25) is 0 Å². The van der Waals surface area contributed by atoms with Gasteiger partial charge in [-0.2, -0.15) is 0 Å². The van der Waals surface area contributed by atoms with E-state index in [-0.39, 0.29) is 11.7 Å². The van der Waals surface area contributed by atoms with Crippen LogP contribution in [-0.4, -0.2) is 60.3 Å². The Balaban J connectivity index is 1.14. The molecular formula is C28H30N4O3S. The number of phenolic OH excluding ortho intramolecular Hbond substituents is 1. The maximum absolute atomic E-state index is 13.1.